The van der Waals surface area contributed by atoms with E-state index >= 15 is 0 Å². The van der Waals surface area contributed by atoms with Crippen LogP contribution in [0.4, 0.5) is 57.1 Å². The summed E-state index contributed by atoms with van der Waals surface area (Å²) in [6.07, 6.45) is 0. The molecule has 0 aliphatic rings. The van der Waals surface area contributed by atoms with Crippen LogP contribution in [0.1, 0.15) is 0 Å². The average Bonchev–Trinajstić information content (AvgIpc) is 2.35. The van der Waals surface area contributed by atoms with Gasteiger partial charge in [-0.05, 0) is 11.6 Å². The highest BCUT2D eigenvalue weighted by atomic mass is 35.5. The molecule has 0 aliphatic heterocycles. The highest BCUT2D eigenvalue weighted by Crippen LogP contribution is 2.63. The predicted octanol–water partition coefficient (Wildman–Crippen LogP) is 4.98. The number of hydrogen-bond donors (Lipinski definition) is 1. The van der Waals surface area contributed by atoms with E-state index < -0.39 is 46.1 Å². The summed E-state index contributed by atoms with van der Waals surface area (Å²) in [7, 11) is 0. The lowest BCUT2D eigenvalue weighted by Gasteiger charge is -2.41. The molecule has 0 fully saturated rings. The summed E-state index contributed by atoms with van der Waals surface area (Å²) in [5, 5.41) is -5.31. The van der Waals surface area contributed by atoms with Crippen molar-refractivity contribution in [3.63, 3.8) is 0 Å². The van der Waals surface area contributed by atoms with Gasteiger partial charge in [0.15, 0.2) is 0 Å². The van der Waals surface area contributed by atoms with E-state index in [0.717, 1.165) is 0 Å². The Hall–Kier alpha value is -0.860. The molecular weight excluding hydrogens is 446 g/mol. The molecule has 1 atom stereocenters. The first-order valence-electron chi connectivity index (χ1n) is 5.01. The second-order valence-corrected chi connectivity index (χ2v) is 5.24. The van der Waals surface area contributed by atoms with Gasteiger partial charge in [-0.3, -0.25) is 0 Å². The molecule has 25 heavy (non-hydrogen) atoms. The molecule has 0 aromatic rings. The summed E-state index contributed by atoms with van der Waals surface area (Å²) in [5.41, 5.74) is 0. The molecule has 17 heteroatoms. The van der Waals surface area contributed by atoms with E-state index in [-0.39, 0.29) is 0 Å². The van der Waals surface area contributed by atoms with Crippen molar-refractivity contribution >= 4 is 29.2 Å². The molecule has 0 spiro atoms. The zero-order valence-electron chi connectivity index (χ0n) is 10.5. The molecule has 2 nitrogen and oxygen atoms in total. The van der Waals surface area contributed by atoms with Crippen molar-refractivity contribution in [1.29, 1.82) is 0 Å². The number of carbonyl (C=O) groups is 1. The van der Waals surface area contributed by atoms with Gasteiger partial charge in [0.2, 0.25) is 0 Å². The fourth-order valence-electron chi connectivity index (χ4n) is 1.10. The quantitative estimate of drug-likeness (QED) is 0.442. The Morgan fingerprint density at radius 1 is 0.600 bits per heavy atom. The zero-order chi connectivity index (χ0) is 21.1. The SMILES string of the molecule is O=C(O)C(F)(F)C(F)(F)C(F)(F)C(F)(F)C(F)(F)C(F)(Cl)C(F)(F)Cl. The minimum atomic E-state index is -8.10. The second-order valence-electron chi connectivity index (χ2n) is 4.25. The molecule has 0 aliphatic carbocycles. The minimum absolute atomic E-state index is 3.59. The fourth-order valence-corrected chi connectivity index (χ4v) is 1.34. The lowest BCUT2D eigenvalue weighted by atomic mass is 9.92. The Labute approximate surface area is 137 Å². The van der Waals surface area contributed by atoms with E-state index in [9.17, 15) is 61.9 Å². The third-order valence-corrected chi connectivity index (χ3v) is 3.43. The number of rotatable bonds is 7. The first-order valence-corrected chi connectivity index (χ1v) is 5.77. The van der Waals surface area contributed by atoms with Crippen molar-refractivity contribution in [1.82, 2.24) is 0 Å². The molecule has 0 saturated heterocycles. The Morgan fingerprint density at radius 3 is 1.12 bits per heavy atom. The van der Waals surface area contributed by atoms with Crippen LogP contribution in [0, 0.1) is 0 Å². The van der Waals surface area contributed by atoms with Crippen molar-refractivity contribution in [3.05, 3.63) is 0 Å². The van der Waals surface area contributed by atoms with Crippen LogP contribution in [0.2, 0.25) is 0 Å². The van der Waals surface area contributed by atoms with Gasteiger partial charge in [-0.15, -0.1) is 0 Å². The fraction of sp³-hybridized carbons (Fsp3) is 0.875. The number of carboxylic acids is 1. The van der Waals surface area contributed by atoms with Crippen LogP contribution >= 0.6 is 23.2 Å². The first kappa shape index (κ1) is 24.1. The van der Waals surface area contributed by atoms with E-state index in [2.05, 4.69) is 23.2 Å². The lowest BCUT2D eigenvalue weighted by molar-refractivity contribution is -0.410. The van der Waals surface area contributed by atoms with Gasteiger partial charge in [0.05, 0.1) is 0 Å². The molecular formula is C8HCl2F13O2. The van der Waals surface area contributed by atoms with E-state index in [1.54, 1.807) is 0 Å². The Kier molecular flexibility index (Phi) is 5.62. The van der Waals surface area contributed by atoms with Crippen molar-refractivity contribution in [3.8, 4) is 0 Å². The van der Waals surface area contributed by atoms with Crippen LogP contribution in [0.5, 0.6) is 0 Å². The lowest BCUT2D eigenvalue weighted by Crippen LogP contribution is -2.73. The largest absolute Gasteiger partial charge is 0.477 e. The Morgan fingerprint density at radius 2 is 0.880 bits per heavy atom. The molecule has 0 bridgehead atoms. The Balaban J connectivity index is 6.55. The Bertz CT molecular complexity index is 539. The standard InChI is InChI=1S/C8HCl2F13O2/c9-3(13,8(10,22)23)5(16,17)7(20,21)6(18,19)4(14,15)2(11,12)1(24)25/h(H,24,25). The predicted molar refractivity (Wildman–Crippen MR) is 52.9 cm³/mol. The highest BCUT2D eigenvalue weighted by molar-refractivity contribution is 6.33. The number of aliphatic carboxylic acids is 1. The van der Waals surface area contributed by atoms with Crippen LogP contribution < -0.4 is 0 Å². The van der Waals surface area contributed by atoms with Crippen LogP contribution in [-0.2, 0) is 4.79 Å². The third kappa shape index (κ3) is 2.96. The molecule has 1 N–H and O–H groups in total. The first-order chi connectivity index (χ1) is 10.4. The minimum Gasteiger partial charge on any atom is -0.477 e. The van der Waals surface area contributed by atoms with Crippen LogP contribution in [0.25, 0.3) is 0 Å². The summed E-state index contributed by atoms with van der Waals surface area (Å²) in [6.45, 7) is 0. The summed E-state index contributed by atoms with van der Waals surface area (Å²) < 4.78 is 167. The normalized spacial score (nSPS) is 18.0. The average molecular weight is 447 g/mol. The van der Waals surface area contributed by atoms with E-state index in [1.807, 2.05) is 0 Å². The number of carboxylic acid groups (broad SMARTS) is 1. The van der Waals surface area contributed by atoms with Gasteiger partial charge in [0.25, 0.3) is 0 Å². The number of alkyl halides is 15. The van der Waals surface area contributed by atoms with Gasteiger partial charge >= 0.3 is 46.1 Å². The molecule has 0 rings (SSSR count). The van der Waals surface area contributed by atoms with Crippen molar-refractivity contribution < 1.29 is 67.0 Å². The van der Waals surface area contributed by atoms with Gasteiger partial charge in [-0.25, -0.2) is 9.18 Å². The van der Waals surface area contributed by atoms with Gasteiger partial charge < -0.3 is 5.11 Å². The smallest absolute Gasteiger partial charge is 0.410 e. The third-order valence-electron chi connectivity index (χ3n) is 2.60. The molecule has 0 amide bonds. The van der Waals surface area contributed by atoms with E-state index in [1.165, 1.54) is 0 Å². The molecule has 0 aromatic heterocycles. The summed E-state index contributed by atoms with van der Waals surface area (Å²) in [5.74, 6) is -43.0. The van der Waals surface area contributed by atoms with Crippen molar-refractivity contribution in [2.45, 2.75) is 40.1 Å². The monoisotopic (exact) mass is 446 g/mol. The molecule has 0 radical (unpaired) electrons. The summed E-state index contributed by atoms with van der Waals surface area (Å²) in [4.78, 5) is 9.81. The maximum Gasteiger partial charge on any atom is 0.410 e. The van der Waals surface area contributed by atoms with Crippen molar-refractivity contribution in [2.75, 3.05) is 0 Å². The van der Waals surface area contributed by atoms with Gasteiger partial charge in [-0.1, -0.05) is 11.6 Å². The molecule has 0 aromatic carbocycles. The zero-order valence-corrected chi connectivity index (χ0v) is 12.0. The highest BCUT2D eigenvalue weighted by Gasteiger charge is 2.92. The summed E-state index contributed by atoms with van der Waals surface area (Å²) >= 11 is 7.25. The molecule has 0 heterocycles. The van der Waals surface area contributed by atoms with E-state index in [0.29, 0.717) is 0 Å². The molecule has 150 valence electrons. The van der Waals surface area contributed by atoms with Crippen molar-refractivity contribution in [2.24, 2.45) is 0 Å². The molecule has 1 unspecified atom stereocenters. The van der Waals surface area contributed by atoms with Gasteiger partial charge in [0.1, 0.15) is 0 Å². The molecule has 0 saturated carbocycles. The second kappa shape index (κ2) is 5.82. The van der Waals surface area contributed by atoms with E-state index in [4.69, 9.17) is 5.11 Å². The maximum atomic E-state index is 13.1. The topological polar surface area (TPSA) is 37.3 Å². The van der Waals surface area contributed by atoms with Crippen LogP contribution in [-0.4, -0.2) is 51.2 Å². The van der Waals surface area contributed by atoms with Crippen LogP contribution in [0.15, 0.2) is 0 Å². The number of halogens is 15. The van der Waals surface area contributed by atoms with Gasteiger partial charge in [0, 0.05) is 0 Å². The van der Waals surface area contributed by atoms with Gasteiger partial charge in [-0.2, -0.15) is 52.7 Å². The maximum absolute atomic E-state index is 13.1. The summed E-state index contributed by atoms with van der Waals surface area (Å²) in [6, 6.07) is 0. The number of hydrogen-bond acceptors (Lipinski definition) is 1. The van der Waals surface area contributed by atoms with Crippen LogP contribution in [0.3, 0.4) is 0 Å².